The maximum Gasteiger partial charge on any atom is 0.166 e. The summed E-state index contributed by atoms with van der Waals surface area (Å²) < 4.78 is 0. The summed E-state index contributed by atoms with van der Waals surface area (Å²) in [5, 5.41) is 0. The average Bonchev–Trinajstić information content (AvgIpc) is 2.25. The van der Waals surface area contributed by atoms with Crippen LogP contribution in [-0.4, -0.2) is 10.8 Å². The van der Waals surface area contributed by atoms with E-state index in [2.05, 4.69) is 18.8 Å². The molecule has 1 aromatic rings. The molecule has 98 valence electrons. The van der Waals surface area contributed by atoms with E-state index < -0.39 is 0 Å². The number of ketones is 1. The number of hydrogen-bond donors (Lipinski definition) is 0. The number of aromatic nitrogens is 1. The molecule has 2 nitrogen and oxygen atoms in total. The van der Waals surface area contributed by atoms with Gasteiger partial charge in [0.2, 0.25) is 0 Å². The molecule has 1 heterocycles. The minimum Gasteiger partial charge on any atom is -0.294 e. The predicted octanol–water partition coefficient (Wildman–Crippen LogP) is 3.95. The first-order chi connectivity index (χ1) is 8.45. The summed E-state index contributed by atoms with van der Waals surface area (Å²) >= 11 is 0. The number of hydrogen-bond acceptors (Lipinski definition) is 2. The van der Waals surface area contributed by atoms with Gasteiger partial charge in [0.05, 0.1) is 0 Å². The highest BCUT2D eigenvalue weighted by Gasteiger charge is 2.29. The standard InChI is InChI=1S/C16H23NO/c1-10-5-11(2)7-14(6-10)16(18)15-8-12(3)17-13(4)9-15/h8-11,14H,5-7H2,1-4H3. The first-order valence-corrected chi connectivity index (χ1v) is 6.95. The molecule has 18 heavy (non-hydrogen) atoms. The van der Waals surface area contributed by atoms with Crippen LogP contribution in [0.25, 0.3) is 0 Å². The molecule has 2 unspecified atom stereocenters. The van der Waals surface area contributed by atoms with Crippen molar-refractivity contribution in [3.05, 3.63) is 29.1 Å². The Morgan fingerprint density at radius 3 is 2.06 bits per heavy atom. The van der Waals surface area contributed by atoms with Crippen LogP contribution in [0.1, 0.15) is 54.9 Å². The summed E-state index contributed by atoms with van der Waals surface area (Å²) in [6.45, 7) is 8.43. The van der Waals surface area contributed by atoms with Crippen molar-refractivity contribution in [2.24, 2.45) is 17.8 Å². The van der Waals surface area contributed by atoms with Crippen molar-refractivity contribution in [2.75, 3.05) is 0 Å². The minimum atomic E-state index is 0.213. The van der Waals surface area contributed by atoms with Gasteiger partial charge in [-0.1, -0.05) is 13.8 Å². The lowest BCUT2D eigenvalue weighted by atomic mass is 9.74. The average molecular weight is 245 g/mol. The van der Waals surface area contributed by atoms with Crippen molar-refractivity contribution in [1.82, 2.24) is 4.98 Å². The van der Waals surface area contributed by atoms with Crippen LogP contribution < -0.4 is 0 Å². The highest BCUT2D eigenvalue weighted by molar-refractivity contribution is 5.98. The fraction of sp³-hybridized carbons (Fsp3) is 0.625. The van der Waals surface area contributed by atoms with E-state index in [1.54, 1.807) is 0 Å². The minimum absolute atomic E-state index is 0.213. The fourth-order valence-corrected chi connectivity index (χ4v) is 3.37. The number of nitrogens with zero attached hydrogens (tertiary/aromatic N) is 1. The quantitative estimate of drug-likeness (QED) is 0.738. The number of pyridine rings is 1. The van der Waals surface area contributed by atoms with E-state index in [1.807, 2.05) is 26.0 Å². The van der Waals surface area contributed by atoms with Crippen molar-refractivity contribution in [3.63, 3.8) is 0 Å². The SMILES string of the molecule is Cc1cc(C(=O)C2CC(C)CC(C)C2)cc(C)n1. The van der Waals surface area contributed by atoms with Gasteiger partial charge in [-0.25, -0.2) is 0 Å². The van der Waals surface area contributed by atoms with Crippen LogP contribution >= 0.6 is 0 Å². The van der Waals surface area contributed by atoms with Crippen molar-refractivity contribution >= 4 is 5.78 Å². The number of rotatable bonds is 2. The summed E-state index contributed by atoms with van der Waals surface area (Å²) in [4.78, 5) is 16.9. The molecule has 1 fully saturated rings. The Kier molecular flexibility index (Phi) is 3.84. The van der Waals surface area contributed by atoms with Crippen LogP contribution in [0.4, 0.5) is 0 Å². The molecule has 1 aromatic heterocycles. The lowest BCUT2D eigenvalue weighted by Gasteiger charge is -2.30. The van der Waals surface area contributed by atoms with Gasteiger partial charge in [-0.05, 0) is 57.1 Å². The van der Waals surface area contributed by atoms with E-state index in [0.717, 1.165) is 29.8 Å². The zero-order valence-corrected chi connectivity index (χ0v) is 11.9. The summed E-state index contributed by atoms with van der Waals surface area (Å²) in [5.41, 5.74) is 2.73. The van der Waals surface area contributed by atoms with Crippen LogP contribution in [0, 0.1) is 31.6 Å². The molecule has 2 rings (SSSR count). The van der Waals surface area contributed by atoms with Crippen molar-refractivity contribution < 1.29 is 4.79 Å². The number of aryl methyl sites for hydroxylation is 2. The third kappa shape index (κ3) is 2.98. The molecule has 2 atom stereocenters. The van der Waals surface area contributed by atoms with Crippen LogP contribution in [0.15, 0.2) is 12.1 Å². The maximum atomic E-state index is 12.6. The largest absolute Gasteiger partial charge is 0.294 e. The first kappa shape index (κ1) is 13.3. The first-order valence-electron chi connectivity index (χ1n) is 6.95. The van der Waals surface area contributed by atoms with E-state index in [-0.39, 0.29) is 5.92 Å². The molecule has 0 bridgehead atoms. The van der Waals surface area contributed by atoms with Gasteiger partial charge in [0.25, 0.3) is 0 Å². The Hall–Kier alpha value is -1.18. The molecule has 1 saturated carbocycles. The topological polar surface area (TPSA) is 30.0 Å². The number of carbonyl (C=O) groups excluding carboxylic acids is 1. The summed E-state index contributed by atoms with van der Waals surface area (Å²) in [6, 6.07) is 3.86. The van der Waals surface area contributed by atoms with E-state index in [0.29, 0.717) is 17.6 Å². The second-order valence-electron chi connectivity index (χ2n) is 6.12. The van der Waals surface area contributed by atoms with Gasteiger partial charge in [0, 0.05) is 22.9 Å². The number of carbonyl (C=O) groups is 1. The van der Waals surface area contributed by atoms with Gasteiger partial charge in [-0.15, -0.1) is 0 Å². The molecule has 1 aliphatic carbocycles. The van der Waals surface area contributed by atoms with Crippen LogP contribution in [0.3, 0.4) is 0 Å². The molecule has 0 spiro atoms. The summed E-state index contributed by atoms with van der Waals surface area (Å²) in [6.07, 6.45) is 3.35. The summed E-state index contributed by atoms with van der Waals surface area (Å²) in [7, 11) is 0. The zero-order valence-electron chi connectivity index (χ0n) is 11.9. The normalized spacial score (nSPS) is 28.1. The van der Waals surface area contributed by atoms with Gasteiger partial charge in [-0.2, -0.15) is 0 Å². The lowest BCUT2D eigenvalue weighted by Crippen LogP contribution is -2.26. The van der Waals surface area contributed by atoms with Crippen LogP contribution in [0.2, 0.25) is 0 Å². The second-order valence-corrected chi connectivity index (χ2v) is 6.12. The Morgan fingerprint density at radius 1 is 1.06 bits per heavy atom. The van der Waals surface area contributed by atoms with E-state index in [9.17, 15) is 4.79 Å². The molecule has 0 amide bonds. The lowest BCUT2D eigenvalue weighted by molar-refractivity contribution is 0.0836. The fourth-order valence-electron chi connectivity index (χ4n) is 3.37. The van der Waals surface area contributed by atoms with E-state index >= 15 is 0 Å². The molecule has 1 aliphatic rings. The van der Waals surface area contributed by atoms with E-state index in [4.69, 9.17) is 0 Å². The molecule has 0 aromatic carbocycles. The van der Waals surface area contributed by atoms with Crippen molar-refractivity contribution in [2.45, 2.75) is 47.0 Å². The van der Waals surface area contributed by atoms with Gasteiger partial charge >= 0.3 is 0 Å². The highest BCUT2D eigenvalue weighted by Crippen LogP contribution is 2.34. The Morgan fingerprint density at radius 2 is 1.56 bits per heavy atom. The predicted molar refractivity (Wildman–Crippen MR) is 73.7 cm³/mol. The summed E-state index contributed by atoms with van der Waals surface area (Å²) in [5.74, 6) is 1.88. The zero-order chi connectivity index (χ0) is 13.3. The molecule has 0 radical (unpaired) electrons. The molecular formula is C16H23NO. The van der Waals surface area contributed by atoms with Crippen LogP contribution in [0.5, 0.6) is 0 Å². The molecular weight excluding hydrogens is 222 g/mol. The van der Waals surface area contributed by atoms with Crippen LogP contribution in [-0.2, 0) is 0 Å². The van der Waals surface area contributed by atoms with Gasteiger partial charge in [0.15, 0.2) is 5.78 Å². The second kappa shape index (κ2) is 5.21. The third-order valence-electron chi connectivity index (χ3n) is 3.92. The smallest absolute Gasteiger partial charge is 0.166 e. The van der Waals surface area contributed by atoms with Gasteiger partial charge < -0.3 is 0 Å². The van der Waals surface area contributed by atoms with Gasteiger partial charge in [-0.3, -0.25) is 9.78 Å². The molecule has 0 saturated heterocycles. The molecule has 2 heteroatoms. The highest BCUT2D eigenvalue weighted by atomic mass is 16.1. The molecule has 0 N–H and O–H groups in total. The van der Waals surface area contributed by atoms with E-state index in [1.165, 1.54) is 6.42 Å². The Bertz CT molecular complexity index is 422. The maximum absolute atomic E-state index is 12.6. The van der Waals surface area contributed by atoms with Crippen molar-refractivity contribution in [1.29, 1.82) is 0 Å². The Labute approximate surface area is 110 Å². The van der Waals surface area contributed by atoms with Crippen molar-refractivity contribution in [3.8, 4) is 0 Å². The monoisotopic (exact) mass is 245 g/mol. The number of Topliss-reactive ketones (excluding diaryl/α,β-unsaturated/α-hetero) is 1. The third-order valence-corrected chi connectivity index (χ3v) is 3.92. The Balaban J connectivity index is 2.20. The van der Waals surface area contributed by atoms with Gasteiger partial charge in [0.1, 0.15) is 0 Å². The molecule has 0 aliphatic heterocycles.